The number of benzene rings is 1. The van der Waals surface area contributed by atoms with Gasteiger partial charge in [-0.3, -0.25) is 0 Å². The van der Waals surface area contributed by atoms with Crippen LogP contribution in [-0.2, 0) is 10.0 Å². The Balaban J connectivity index is 1.71. The van der Waals surface area contributed by atoms with E-state index in [4.69, 9.17) is 23.2 Å². The van der Waals surface area contributed by atoms with E-state index in [0.717, 1.165) is 5.56 Å². The lowest BCUT2D eigenvalue weighted by Gasteiger charge is -2.35. The first kappa shape index (κ1) is 21.6. The molecule has 1 aromatic rings. The van der Waals surface area contributed by atoms with Crippen molar-refractivity contribution in [1.29, 1.82) is 0 Å². The topological polar surface area (TPSA) is 81.2 Å². The van der Waals surface area contributed by atoms with Crippen molar-refractivity contribution in [3.63, 3.8) is 0 Å². The molecule has 0 bridgehead atoms. The van der Waals surface area contributed by atoms with E-state index < -0.39 is 16.1 Å². The quantitative estimate of drug-likeness (QED) is 0.765. The van der Waals surface area contributed by atoms with Gasteiger partial charge in [0.05, 0.1) is 22.4 Å². The number of carbonyl (C=O) groups is 1. The number of aliphatic hydroxyl groups is 1. The van der Waals surface area contributed by atoms with Crippen LogP contribution in [-0.4, -0.2) is 85.3 Å². The van der Waals surface area contributed by atoms with Crippen molar-refractivity contribution in [3.05, 3.63) is 33.8 Å². The highest BCUT2D eigenvalue weighted by molar-refractivity contribution is 7.88. The molecule has 0 spiro atoms. The highest BCUT2D eigenvalue weighted by Crippen LogP contribution is 2.37. The molecule has 10 heteroatoms. The summed E-state index contributed by atoms with van der Waals surface area (Å²) in [4.78, 5) is 16.4. The lowest BCUT2D eigenvalue weighted by Crippen LogP contribution is -2.53. The zero-order valence-corrected chi connectivity index (χ0v) is 18.2. The van der Waals surface area contributed by atoms with E-state index in [9.17, 15) is 18.3 Å². The average Bonchev–Trinajstić information content (AvgIpc) is 3.08. The van der Waals surface area contributed by atoms with Gasteiger partial charge in [-0.05, 0) is 24.6 Å². The summed E-state index contributed by atoms with van der Waals surface area (Å²) < 4.78 is 24.7. The molecule has 2 fully saturated rings. The molecule has 2 aliphatic heterocycles. The number of halogens is 2. The predicted octanol–water partition coefficient (Wildman–Crippen LogP) is 2.09. The summed E-state index contributed by atoms with van der Waals surface area (Å²) in [5.74, 6) is -0.158. The van der Waals surface area contributed by atoms with Crippen LogP contribution in [0.5, 0.6) is 0 Å². The van der Waals surface area contributed by atoms with Crippen molar-refractivity contribution in [3.8, 4) is 0 Å². The number of aliphatic hydroxyl groups excluding tert-OH is 1. The van der Waals surface area contributed by atoms with Gasteiger partial charge in [0.1, 0.15) is 0 Å². The zero-order chi connectivity index (χ0) is 20.6. The normalized spacial score (nSPS) is 25.2. The van der Waals surface area contributed by atoms with Gasteiger partial charge >= 0.3 is 6.03 Å². The molecule has 2 aliphatic rings. The number of hydrogen-bond acceptors (Lipinski definition) is 4. The van der Waals surface area contributed by atoms with E-state index in [2.05, 4.69) is 0 Å². The van der Waals surface area contributed by atoms with Crippen molar-refractivity contribution in [2.75, 3.05) is 45.5 Å². The van der Waals surface area contributed by atoms with Crippen LogP contribution < -0.4 is 0 Å². The Morgan fingerprint density at radius 1 is 1.11 bits per heavy atom. The summed E-state index contributed by atoms with van der Waals surface area (Å²) in [7, 11) is -3.24. The molecule has 2 heterocycles. The molecule has 156 valence electrons. The number of urea groups is 1. The molecule has 0 aliphatic carbocycles. The second-order valence-electron chi connectivity index (χ2n) is 7.52. The van der Waals surface area contributed by atoms with Gasteiger partial charge in [0.25, 0.3) is 0 Å². The smallest absolute Gasteiger partial charge is 0.320 e. The summed E-state index contributed by atoms with van der Waals surface area (Å²) >= 11 is 12.2. The number of rotatable bonds is 3. The second kappa shape index (κ2) is 8.36. The van der Waals surface area contributed by atoms with Gasteiger partial charge in [-0.2, -0.15) is 4.31 Å². The van der Waals surface area contributed by atoms with Crippen LogP contribution in [0.25, 0.3) is 0 Å². The van der Waals surface area contributed by atoms with Crippen molar-refractivity contribution in [1.82, 2.24) is 14.1 Å². The third kappa shape index (κ3) is 4.57. The lowest BCUT2D eigenvalue weighted by atomic mass is 9.86. The van der Waals surface area contributed by atoms with Crippen molar-refractivity contribution >= 4 is 39.3 Å². The monoisotopic (exact) mass is 449 g/mol. The maximum absolute atomic E-state index is 13.0. The van der Waals surface area contributed by atoms with Gasteiger partial charge < -0.3 is 14.9 Å². The van der Waals surface area contributed by atoms with Crippen LogP contribution in [0.1, 0.15) is 18.4 Å². The number of carbonyl (C=O) groups excluding carboxylic acids is 1. The largest absolute Gasteiger partial charge is 0.393 e. The maximum Gasteiger partial charge on any atom is 0.320 e. The van der Waals surface area contributed by atoms with E-state index in [0.29, 0.717) is 49.3 Å². The fourth-order valence-corrected chi connectivity index (χ4v) is 5.11. The second-order valence-corrected chi connectivity index (χ2v) is 10.3. The maximum atomic E-state index is 13.0. The van der Waals surface area contributed by atoms with Gasteiger partial charge in [0.2, 0.25) is 10.0 Å². The number of amides is 2. The fraction of sp³-hybridized carbons (Fsp3) is 0.611. The highest BCUT2D eigenvalue weighted by atomic mass is 35.5. The number of likely N-dealkylation sites (tertiary alicyclic amines) is 1. The van der Waals surface area contributed by atoms with Crippen LogP contribution in [0.2, 0.25) is 10.0 Å². The first-order chi connectivity index (χ1) is 13.1. The molecular formula is C18H25Cl2N3O4S. The van der Waals surface area contributed by atoms with Gasteiger partial charge in [0.15, 0.2) is 0 Å². The Kier molecular flexibility index (Phi) is 6.46. The lowest BCUT2D eigenvalue weighted by molar-refractivity contribution is 0.115. The molecule has 3 atom stereocenters. The van der Waals surface area contributed by atoms with E-state index >= 15 is 0 Å². The Hall–Kier alpha value is -1.06. The number of nitrogens with zero attached hydrogens (tertiary/aromatic N) is 3. The van der Waals surface area contributed by atoms with Gasteiger partial charge in [0, 0.05) is 51.1 Å². The summed E-state index contributed by atoms with van der Waals surface area (Å²) in [6, 6.07) is 5.28. The van der Waals surface area contributed by atoms with E-state index in [1.54, 1.807) is 28.9 Å². The van der Waals surface area contributed by atoms with E-state index in [1.165, 1.54) is 10.6 Å². The minimum Gasteiger partial charge on any atom is -0.393 e. The van der Waals surface area contributed by atoms with Crippen molar-refractivity contribution in [2.24, 2.45) is 5.92 Å². The summed E-state index contributed by atoms with van der Waals surface area (Å²) in [5, 5.41) is 11.2. The molecule has 1 unspecified atom stereocenters. The minimum absolute atomic E-state index is 0.0453. The Labute approximate surface area is 175 Å². The predicted molar refractivity (Wildman–Crippen MR) is 109 cm³/mol. The van der Waals surface area contributed by atoms with Crippen LogP contribution >= 0.6 is 23.2 Å². The third-order valence-electron chi connectivity index (χ3n) is 5.61. The molecule has 0 radical (unpaired) electrons. The summed E-state index contributed by atoms with van der Waals surface area (Å²) in [5.41, 5.74) is 0.942. The summed E-state index contributed by atoms with van der Waals surface area (Å²) in [6.45, 7) is 3.96. The molecule has 1 aromatic carbocycles. The molecule has 3 rings (SSSR count). The van der Waals surface area contributed by atoms with Gasteiger partial charge in [-0.25, -0.2) is 13.2 Å². The number of piperazine rings is 1. The first-order valence-corrected chi connectivity index (χ1v) is 11.8. The molecule has 0 saturated carbocycles. The van der Waals surface area contributed by atoms with Crippen LogP contribution in [0.15, 0.2) is 18.2 Å². The summed E-state index contributed by atoms with van der Waals surface area (Å²) in [6.07, 6.45) is 0.597. The Morgan fingerprint density at radius 3 is 2.29 bits per heavy atom. The first-order valence-electron chi connectivity index (χ1n) is 9.20. The molecule has 1 N–H and O–H groups in total. The fourth-order valence-electron chi connectivity index (χ4n) is 3.98. The van der Waals surface area contributed by atoms with Gasteiger partial charge in [-0.1, -0.05) is 29.3 Å². The van der Waals surface area contributed by atoms with Gasteiger partial charge in [-0.15, -0.1) is 0 Å². The highest BCUT2D eigenvalue weighted by Gasteiger charge is 2.40. The van der Waals surface area contributed by atoms with Crippen LogP contribution in [0, 0.1) is 5.92 Å². The molecule has 28 heavy (non-hydrogen) atoms. The zero-order valence-electron chi connectivity index (χ0n) is 15.9. The van der Waals surface area contributed by atoms with E-state index in [1.807, 2.05) is 6.07 Å². The SMILES string of the molecule is C[C@@H](O)C1CN(C(=O)N2CCN(S(C)(=O)=O)CC2)C[C@H]1c1ccc(Cl)c(Cl)c1. The number of hydrogen-bond donors (Lipinski definition) is 1. The third-order valence-corrected chi connectivity index (χ3v) is 7.65. The average molecular weight is 450 g/mol. The van der Waals surface area contributed by atoms with Crippen LogP contribution in [0.3, 0.4) is 0 Å². The Morgan fingerprint density at radius 2 is 1.75 bits per heavy atom. The molecule has 2 amide bonds. The number of sulfonamides is 1. The molecule has 2 saturated heterocycles. The van der Waals surface area contributed by atoms with Crippen LogP contribution in [0.4, 0.5) is 4.79 Å². The van der Waals surface area contributed by atoms with Crippen molar-refractivity contribution in [2.45, 2.75) is 18.9 Å². The molecular weight excluding hydrogens is 425 g/mol. The molecule has 7 nitrogen and oxygen atoms in total. The minimum atomic E-state index is -3.24. The van der Waals surface area contributed by atoms with E-state index in [-0.39, 0.29) is 17.9 Å². The Bertz CT molecular complexity index is 841. The standard InChI is InChI=1S/C18H25Cl2N3O4S/c1-12(24)14-10-22(11-15(14)13-3-4-16(19)17(20)9-13)18(25)21-5-7-23(8-6-21)28(2,26)27/h3-4,9,12,14-15,24H,5-8,10-11H2,1-2H3/t12-,14?,15+/m1/s1. The molecule has 0 aromatic heterocycles. The van der Waals surface area contributed by atoms with Crippen molar-refractivity contribution < 1.29 is 18.3 Å².